The number of hydrogen-bond donors (Lipinski definition) is 2. The van der Waals surface area contributed by atoms with Crippen molar-refractivity contribution in [2.24, 2.45) is 21.2 Å². The molecule has 0 spiro atoms. The van der Waals surface area contributed by atoms with Crippen molar-refractivity contribution in [3.05, 3.63) is 24.3 Å². The van der Waals surface area contributed by atoms with Gasteiger partial charge in [-0.15, -0.1) is 10.2 Å². The summed E-state index contributed by atoms with van der Waals surface area (Å²) in [6.07, 6.45) is 3.36. The minimum Gasteiger partial charge on any atom is -0.384 e. The number of nitrogens with two attached hydrogens (primary N) is 1. The third-order valence-corrected chi connectivity index (χ3v) is 2.86. The monoisotopic (exact) mass is 241 g/mol. The Morgan fingerprint density at radius 3 is 3.00 bits per heavy atom. The van der Waals surface area contributed by atoms with Crippen LogP contribution >= 0.6 is 0 Å². The van der Waals surface area contributed by atoms with E-state index in [2.05, 4.69) is 20.8 Å². The number of rotatable bonds is 3. The fourth-order valence-electron chi connectivity index (χ4n) is 1.89. The van der Waals surface area contributed by atoms with Crippen LogP contribution in [0.5, 0.6) is 0 Å². The number of nitrogens with zero attached hydrogens (tertiary/aromatic N) is 3. The molecular formula is C12H16BN5. The van der Waals surface area contributed by atoms with Gasteiger partial charge in [0.15, 0.2) is 0 Å². The fraction of sp³-hybridized carbons (Fsp3) is 0.417. The van der Waals surface area contributed by atoms with E-state index in [1.54, 1.807) is 12.1 Å². The molecule has 0 aliphatic carbocycles. The largest absolute Gasteiger partial charge is 0.384 e. The molecule has 2 rings (SSSR count). The highest BCUT2D eigenvalue weighted by molar-refractivity contribution is 6.32. The van der Waals surface area contributed by atoms with E-state index in [0.29, 0.717) is 17.0 Å². The second kappa shape index (κ2) is 6.30. The average Bonchev–Trinajstić information content (AvgIpc) is 2.40. The topological polar surface area (TPSA) is 75.1 Å². The van der Waals surface area contributed by atoms with Crippen LogP contribution in [0, 0.1) is 0 Å². The highest BCUT2D eigenvalue weighted by Crippen LogP contribution is 2.10. The molecule has 6 heteroatoms. The number of hydrogen-bond acceptors (Lipinski definition) is 3. The summed E-state index contributed by atoms with van der Waals surface area (Å²) < 4.78 is 0. The van der Waals surface area contributed by atoms with Gasteiger partial charge in [-0.3, -0.25) is 0 Å². The number of nitrogens with one attached hydrogen (secondary N) is 1. The second-order valence-corrected chi connectivity index (χ2v) is 4.31. The zero-order valence-corrected chi connectivity index (χ0v) is 10.2. The van der Waals surface area contributed by atoms with Crippen LogP contribution in [0.15, 0.2) is 39.7 Å². The molecule has 18 heavy (non-hydrogen) atoms. The number of amidine groups is 1. The first-order valence-electron chi connectivity index (χ1n) is 6.09. The standard InChI is InChI=1S/C12H16BN5/c13-9-4-3-5-10(8-9)16-18-17-12(14)11-6-1-2-7-15-11/h3-5,8,11,15H,1-2,6-7H2,(H2,14,16,17). The Kier molecular flexibility index (Phi) is 4.47. The lowest BCUT2D eigenvalue weighted by molar-refractivity contribution is 0.469. The van der Waals surface area contributed by atoms with E-state index in [0.717, 1.165) is 13.0 Å². The van der Waals surface area contributed by atoms with Crippen molar-refractivity contribution in [3.8, 4) is 0 Å². The van der Waals surface area contributed by atoms with E-state index in [1.165, 1.54) is 12.8 Å². The minimum absolute atomic E-state index is 0.124. The lowest BCUT2D eigenvalue weighted by Gasteiger charge is -2.21. The molecule has 2 radical (unpaired) electrons. The Morgan fingerprint density at radius 1 is 1.39 bits per heavy atom. The molecule has 1 fully saturated rings. The maximum atomic E-state index is 5.85. The number of piperidine rings is 1. The van der Waals surface area contributed by atoms with Crippen LogP contribution in [-0.2, 0) is 0 Å². The van der Waals surface area contributed by atoms with Crippen LogP contribution in [0.2, 0.25) is 0 Å². The summed E-state index contributed by atoms with van der Waals surface area (Å²) in [4.78, 5) is 0. The van der Waals surface area contributed by atoms with Crippen LogP contribution in [0.4, 0.5) is 5.69 Å². The summed E-state index contributed by atoms with van der Waals surface area (Å²) in [6.45, 7) is 0.979. The van der Waals surface area contributed by atoms with Crippen molar-refractivity contribution in [1.29, 1.82) is 0 Å². The first-order valence-corrected chi connectivity index (χ1v) is 6.09. The van der Waals surface area contributed by atoms with E-state index in [9.17, 15) is 0 Å². The normalized spacial score (nSPS) is 21.3. The molecule has 1 aromatic rings. The van der Waals surface area contributed by atoms with Gasteiger partial charge in [0.2, 0.25) is 0 Å². The third-order valence-electron chi connectivity index (χ3n) is 2.86. The van der Waals surface area contributed by atoms with E-state index in [1.807, 2.05) is 12.1 Å². The highest BCUT2D eigenvalue weighted by Gasteiger charge is 2.15. The highest BCUT2D eigenvalue weighted by atomic mass is 15.4. The zero-order valence-electron chi connectivity index (χ0n) is 10.2. The van der Waals surface area contributed by atoms with Crippen molar-refractivity contribution in [2.45, 2.75) is 25.3 Å². The Bertz CT molecular complexity index is 452. The summed E-state index contributed by atoms with van der Waals surface area (Å²) in [5.41, 5.74) is 7.17. The molecule has 3 N–H and O–H groups in total. The van der Waals surface area contributed by atoms with Crippen molar-refractivity contribution in [3.63, 3.8) is 0 Å². The van der Waals surface area contributed by atoms with E-state index >= 15 is 0 Å². The Hall–Kier alpha value is -1.69. The summed E-state index contributed by atoms with van der Waals surface area (Å²) >= 11 is 0. The quantitative estimate of drug-likeness (QED) is 0.272. The van der Waals surface area contributed by atoms with Gasteiger partial charge in [-0.05, 0) is 36.7 Å². The average molecular weight is 241 g/mol. The third kappa shape index (κ3) is 3.66. The molecular weight excluding hydrogens is 225 g/mol. The molecule has 0 saturated carbocycles. The predicted molar refractivity (Wildman–Crippen MR) is 73.6 cm³/mol. The van der Waals surface area contributed by atoms with Gasteiger partial charge >= 0.3 is 0 Å². The molecule has 1 aliphatic rings. The molecule has 5 nitrogen and oxygen atoms in total. The van der Waals surface area contributed by atoms with Crippen molar-refractivity contribution < 1.29 is 0 Å². The molecule has 0 aromatic heterocycles. The van der Waals surface area contributed by atoms with Crippen molar-refractivity contribution >= 4 is 24.8 Å². The van der Waals surface area contributed by atoms with E-state index < -0.39 is 0 Å². The molecule has 1 saturated heterocycles. The smallest absolute Gasteiger partial charge is 0.141 e. The summed E-state index contributed by atoms with van der Waals surface area (Å²) in [7, 11) is 5.63. The molecule has 1 heterocycles. The van der Waals surface area contributed by atoms with Crippen LogP contribution in [0.1, 0.15) is 19.3 Å². The second-order valence-electron chi connectivity index (χ2n) is 4.31. The van der Waals surface area contributed by atoms with E-state index in [-0.39, 0.29) is 6.04 Å². The van der Waals surface area contributed by atoms with Crippen LogP contribution in [-0.4, -0.2) is 26.3 Å². The molecule has 1 atom stereocenters. The van der Waals surface area contributed by atoms with Gasteiger partial charge in [-0.25, -0.2) is 0 Å². The van der Waals surface area contributed by atoms with Crippen LogP contribution in [0.3, 0.4) is 0 Å². The van der Waals surface area contributed by atoms with Crippen LogP contribution in [0.25, 0.3) is 0 Å². The van der Waals surface area contributed by atoms with Crippen LogP contribution < -0.4 is 16.5 Å². The first kappa shape index (κ1) is 12.8. The number of benzene rings is 1. The van der Waals surface area contributed by atoms with Gasteiger partial charge in [0.25, 0.3) is 0 Å². The summed E-state index contributed by atoms with van der Waals surface area (Å²) in [6, 6.07) is 7.28. The van der Waals surface area contributed by atoms with Gasteiger partial charge in [0.05, 0.1) is 11.7 Å². The molecule has 1 unspecified atom stereocenters. The summed E-state index contributed by atoms with van der Waals surface area (Å²) in [5.74, 6) is 0.488. The first-order chi connectivity index (χ1) is 8.75. The molecule has 1 aliphatic heterocycles. The zero-order chi connectivity index (χ0) is 12.8. The maximum Gasteiger partial charge on any atom is 0.141 e. The van der Waals surface area contributed by atoms with Gasteiger partial charge in [-0.2, -0.15) is 0 Å². The molecule has 1 aromatic carbocycles. The van der Waals surface area contributed by atoms with Gasteiger partial charge in [0.1, 0.15) is 13.7 Å². The minimum atomic E-state index is 0.124. The Morgan fingerprint density at radius 2 is 2.28 bits per heavy atom. The molecule has 92 valence electrons. The van der Waals surface area contributed by atoms with Gasteiger partial charge in [0, 0.05) is 0 Å². The van der Waals surface area contributed by atoms with E-state index in [4.69, 9.17) is 13.6 Å². The van der Waals surface area contributed by atoms with Gasteiger partial charge in [-0.1, -0.05) is 24.0 Å². The Balaban J connectivity index is 1.96. The maximum absolute atomic E-state index is 5.85. The molecule has 0 bridgehead atoms. The fourth-order valence-corrected chi connectivity index (χ4v) is 1.89. The lowest BCUT2D eigenvalue weighted by Crippen LogP contribution is -2.44. The van der Waals surface area contributed by atoms with Crippen molar-refractivity contribution in [2.75, 3.05) is 6.54 Å². The molecule has 0 amide bonds. The summed E-state index contributed by atoms with van der Waals surface area (Å²) in [5, 5.41) is 14.9. The predicted octanol–water partition coefficient (Wildman–Crippen LogP) is 0.978. The Labute approximate surface area is 108 Å². The van der Waals surface area contributed by atoms with Gasteiger partial charge < -0.3 is 11.1 Å². The van der Waals surface area contributed by atoms with Crippen molar-refractivity contribution in [1.82, 2.24) is 5.32 Å². The SMILES string of the molecule is [B]c1cccc(N=NN=C(N)C2CCCCN2)c1. The lowest BCUT2D eigenvalue weighted by atomic mass is 9.96.